The van der Waals surface area contributed by atoms with Gasteiger partial charge < -0.3 is 4.57 Å². The lowest BCUT2D eigenvalue weighted by Crippen LogP contribution is -2.31. The molecule has 20 heavy (non-hydrogen) atoms. The fourth-order valence-corrected chi connectivity index (χ4v) is 2.03. The van der Waals surface area contributed by atoms with Crippen LogP contribution in [-0.4, -0.2) is 9.55 Å². The fourth-order valence-electron chi connectivity index (χ4n) is 2.03. The van der Waals surface area contributed by atoms with Gasteiger partial charge >= 0.3 is 6.18 Å². The summed E-state index contributed by atoms with van der Waals surface area (Å²) in [6.45, 7) is 2.65. The van der Waals surface area contributed by atoms with E-state index in [1.165, 1.54) is 12.1 Å². The van der Waals surface area contributed by atoms with E-state index in [0.717, 1.165) is 12.1 Å². The highest BCUT2D eigenvalue weighted by Gasteiger charge is 2.30. The van der Waals surface area contributed by atoms with Crippen LogP contribution in [0.3, 0.4) is 0 Å². The standard InChI is InChI=1S/C13H15F3N4/c1-2-20-8-7-18-12(20)11(19-17)9-3-5-10(6-4-9)13(14,15)16/h3-8,11,19H,2,17H2,1H3. The van der Waals surface area contributed by atoms with Crippen molar-refractivity contribution in [3.8, 4) is 0 Å². The molecule has 0 aliphatic carbocycles. The largest absolute Gasteiger partial charge is 0.416 e. The first kappa shape index (κ1) is 14.5. The van der Waals surface area contributed by atoms with Crippen molar-refractivity contribution < 1.29 is 13.2 Å². The predicted molar refractivity (Wildman–Crippen MR) is 68.5 cm³/mol. The minimum atomic E-state index is -4.34. The normalized spacial score (nSPS) is 13.4. The van der Waals surface area contributed by atoms with Crippen molar-refractivity contribution in [1.29, 1.82) is 0 Å². The van der Waals surface area contributed by atoms with Gasteiger partial charge in [0.25, 0.3) is 0 Å². The summed E-state index contributed by atoms with van der Waals surface area (Å²) in [5.74, 6) is 6.18. The van der Waals surface area contributed by atoms with Crippen LogP contribution in [0.1, 0.15) is 29.9 Å². The van der Waals surface area contributed by atoms with Gasteiger partial charge in [0.15, 0.2) is 0 Å². The zero-order valence-corrected chi connectivity index (χ0v) is 10.9. The Kier molecular flexibility index (Phi) is 4.10. The number of benzene rings is 1. The number of aromatic nitrogens is 2. The monoisotopic (exact) mass is 284 g/mol. The van der Waals surface area contributed by atoms with Crippen molar-refractivity contribution in [1.82, 2.24) is 15.0 Å². The van der Waals surface area contributed by atoms with Crippen molar-refractivity contribution >= 4 is 0 Å². The van der Waals surface area contributed by atoms with Gasteiger partial charge in [0.2, 0.25) is 0 Å². The summed E-state index contributed by atoms with van der Waals surface area (Å²) < 4.78 is 39.5. The summed E-state index contributed by atoms with van der Waals surface area (Å²) in [4.78, 5) is 4.20. The molecule has 1 heterocycles. The molecule has 1 aromatic heterocycles. The zero-order chi connectivity index (χ0) is 14.8. The van der Waals surface area contributed by atoms with Crippen molar-refractivity contribution in [3.05, 3.63) is 53.6 Å². The Labute approximate surface area is 114 Å². The van der Waals surface area contributed by atoms with E-state index in [1.54, 1.807) is 12.4 Å². The summed E-state index contributed by atoms with van der Waals surface area (Å²) in [7, 11) is 0. The molecule has 0 fully saturated rings. The molecular weight excluding hydrogens is 269 g/mol. The van der Waals surface area contributed by atoms with Crippen LogP contribution in [0.25, 0.3) is 0 Å². The number of nitrogens with one attached hydrogen (secondary N) is 1. The molecule has 0 aliphatic rings. The maximum Gasteiger partial charge on any atom is 0.416 e. The summed E-state index contributed by atoms with van der Waals surface area (Å²) in [6.07, 6.45) is -0.914. The van der Waals surface area contributed by atoms with E-state index in [2.05, 4.69) is 10.4 Å². The van der Waals surface area contributed by atoms with E-state index < -0.39 is 17.8 Å². The number of halogens is 3. The number of nitrogens with zero attached hydrogens (tertiary/aromatic N) is 2. The molecule has 0 bridgehead atoms. The van der Waals surface area contributed by atoms with Crippen LogP contribution in [0.4, 0.5) is 13.2 Å². The average Bonchev–Trinajstić information content (AvgIpc) is 2.87. The molecular formula is C13H15F3N4. The van der Waals surface area contributed by atoms with E-state index in [9.17, 15) is 13.2 Å². The Morgan fingerprint density at radius 3 is 2.45 bits per heavy atom. The van der Waals surface area contributed by atoms with Crippen LogP contribution >= 0.6 is 0 Å². The first-order valence-electron chi connectivity index (χ1n) is 6.11. The minimum absolute atomic E-state index is 0.452. The molecule has 0 aliphatic heterocycles. The summed E-state index contributed by atoms with van der Waals surface area (Å²) in [6, 6.07) is 4.44. The highest BCUT2D eigenvalue weighted by atomic mass is 19.4. The topological polar surface area (TPSA) is 55.9 Å². The van der Waals surface area contributed by atoms with Crippen LogP contribution in [0, 0.1) is 0 Å². The Morgan fingerprint density at radius 2 is 1.95 bits per heavy atom. The second-order valence-electron chi connectivity index (χ2n) is 4.29. The Balaban J connectivity index is 2.33. The molecule has 0 spiro atoms. The van der Waals surface area contributed by atoms with E-state index in [0.29, 0.717) is 17.9 Å². The Bertz CT molecular complexity index is 560. The van der Waals surface area contributed by atoms with Gasteiger partial charge in [-0.25, -0.2) is 10.4 Å². The fraction of sp³-hybridized carbons (Fsp3) is 0.308. The smallest absolute Gasteiger partial charge is 0.334 e. The van der Waals surface area contributed by atoms with Gasteiger partial charge in [-0.15, -0.1) is 0 Å². The van der Waals surface area contributed by atoms with Crippen molar-refractivity contribution in [2.24, 2.45) is 5.84 Å². The van der Waals surface area contributed by atoms with E-state index in [-0.39, 0.29) is 0 Å². The highest BCUT2D eigenvalue weighted by Crippen LogP contribution is 2.30. The van der Waals surface area contributed by atoms with Gasteiger partial charge in [0.1, 0.15) is 11.9 Å². The van der Waals surface area contributed by atoms with Crippen molar-refractivity contribution in [2.45, 2.75) is 25.7 Å². The van der Waals surface area contributed by atoms with Gasteiger partial charge in [0.05, 0.1) is 5.56 Å². The summed E-state index contributed by atoms with van der Waals surface area (Å²) >= 11 is 0. The first-order valence-corrected chi connectivity index (χ1v) is 6.11. The van der Waals surface area contributed by atoms with Gasteiger partial charge in [0, 0.05) is 18.9 Å². The molecule has 7 heteroatoms. The number of aryl methyl sites for hydroxylation is 1. The number of rotatable bonds is 4. The maximum atomic E-state index is 12.5. The number of alkyl halides is 3. The molecule has 108 valence electrons. The third kappa shape index (κ3) is 2.83. The molecule has 0 radical (unpaired) electrons. The Hall–Kier alpha value is -1.86. The molecule has 2 rings (SSSR count). The maximum absolute atomic E-state index is 12.5. The number of hydrogen-bond acceptors (Lipinski definition) is 3. The zero-order valence-electron chi connectivity index (χ0n) is 10.9. The first-order chi connectivity index (χ1) is 9.47. The lowest BCUT2D eigenvalue weighted by Gasteiger charge is -2.18. The van der Waals surface area contributed by atoms with Gasteiger partial charge in [-0.3, -0.25) is 5.84 Å². The van der Waals surface area contributed by atoms with Gasteiger partial charge in [-0.1, -0.05) is 12.1 Å². The molecule has 1 atom stereocenters. The third-order valence-electron chi connectivity index (χ3n) is 3.08. The van der Waals surface area contributed by atoms with Gasteiger partial charge in [-0.2, -0.15) is 13.2 Å². The van der Waals surface area contributed by atoms with Crippen LogP contribution in [0.15, 0.2) is 36.7 Å². The number of imidazole rings is 1. The second-order valence-corrected chi connectivity index (χ2v) is 4.29. The number of nitrogens with two attached hydrogens (primary N) is 1. The molecule has 0 saturated heterocycles. The lowest BCUT2D eigenvalue weighted by molar-refractivity contribution is -0.137. The number of hydrazine groups is 1. The van der Waals surface area contributed by atoms with E-state index >= 15 is 0 Å². The van der Waals surface area contributed by atoms with Crippen LogP contribution < -0.4 is 11.3 Å². The van der Waals surface area contributed by atoms with Crippen LogP contribution in [0.2, 0.25) is 0 Å². The van der Waals surface area contributed by atoms with E-state index in [1.807, 2.05) is 11.5 Å². The van der Waals surface area contributed by atoms with Crippen LogP contribution in [0.5, 0.6) is 0 Å². The minimum Gasteiger partial charge on any atom is -0.334 e. The quantitative estimate of drug-likeness (QED) is 0.670. The molecule has 3 N–H and O–H groups in total. The summed E-state index contributed by atoms with van der Waals surface area (Å²) in [5.41, 5.74) is 2.53. The molecule has 4 nitrogen and oxygen atoms in total. The average molecular weight is 284 g/mol. The Morgan fingerprint density at radius 1 is 1.30 bits per heavy atom. The summed E-state index contributed by atoms with van der Waals surface area (Å²) in [5, 5.41) is 0. The molecule has 1 unspecified atom stereocenters. The van der Waals surface area contributed by atoms with Gasteiger partial charge in [-0.05, 0) is 24.6 Å². The molecule has 2 aromatic rings. The second kappa shape index (κ2) is 5.64. The molecule has 0 saturated carbocycles. The molecule has 0 amide bonds. The number of hydrogen-bond donors (Lipinski definition) is 2. The highest BCUT2D eigenvalue weighted by molar-refractivity contribution is 5.30. The van der Waals surface area contributed by atoms with Crippen molar-refractivity contribution in [2.75, 3.05) is 0 Å². The SMILES string of the molecule is CCn1ccnc1C(NN)c1ccc(C(F)(F)F)cc1. The van der Waals surface area contributed by atoms with E-state index in [4.69, 9.17) is 5.84 Å². The molecule has 1 aromatic carbocycles. The predicted octanol–water partition coefficient (Wildman–Crippen LogP) is 2.47. The lowest BCUT2D eigenvalue weighted by atomic mass is 10.0. The van der Waals surface area contributed by atoms with Crippen molar-refractivity contribution in [3.63, 3.8) is 0 Å². The van der Waals surface area contributed by atoms with Crippen LogP contribution in [-0.2, 0) is 12.7 Å². The third-order valence-corrected chi connectivity index (χ3v) is 3.08.